The first kappa shape index (κ1) is 11.9. The van der Waals surface area contributed by atoms with Crippen LogP contribution in [-0.2, 0) is 0 Å². The zero-order valence-corrected chi connectivity index (χ0v) is 8.98. The van der Waals surface area contributed by atoms with Gasteiger partial charge in [0.1, 0.15) is 0 Å². The Labute approximate surface area is 77.1 Å². The topological polar surface area (TPSA) is 24.1 Å². The standard InChI is InChI=1S/C10H24N2/c1-5-10(4)12-8-6-7-11-9(2)3/h9-12H,5-8H2,1-4H3. The van der Waals surface area contributed by atoms with Crippen molar-refractivity contribution >= 4 is 0 Å². The van der Waals surface area contributed by atoms with Crippen LogP contribution in [0.2, 0.25) is 0 Å². The van der Waals surface area contributed by atoms with Crippen molar-refractivity contribution in [1.82, 2.24) is 10.6 Å². The van der Waals surface area contributed by atoms with Crippen molar-refractivity contribution in [2.75, 3.05) is 13.1 Å². The molecule has 74 valence electrons. The molecule has 0 heterocycles. The van der Waals surface area contributed by atoms with Gasteiger partial charge < -0.3 is 10.6 Å². The normalized spacial score (nSPS) is 13.8. The largest absolute Gasteiger partial charge is 0.314 e. The lowest BCUT2D eigenvalue weighted by atomic mass is 10.2. The summed E-state index contributed by atoms with van der Waals surface area (Å²) in [4.78, 5) is 0. The lowest BCUT2D eigenvalue weighted by Gasteiger charge is -2.12. The molecule has 0 aromatic carbocycles. The van der Waals surface area contributed by atoms with E-state index in [0.717, 1.165) is 13.1 Å². The van der Waals surface area contributed by atoms with Gasteiger partial charge in [-0.1, -0.05) is 20.8 Å². The van der Waals surface area contributed by atoms with E-state index in [4.69, 9.17) is 0 Å². The third kappa shape index (κ3) is 8.02. The molecule has 0 aliphatic rings. The molecule has 1 atom stereocenters. The second-order valence-electron chi connectivity index (χ2n) is 3.73. The number of hydrogen-bond acceptors (Lipinski definition) is 2. The highest BCUT2D eigenvalue weighted by Crippen LogP contribution is 1.87. The van der Waals surface area contributed by atoms with Crippen molar-refractivity contribution in [3.63, 3.8) is 0 Å². The second kappa shape index (κ2) is 7.56. The maximum Gasteiger partial charge on any atom is 0.00361 e. The molecular formula is C10H24N2. The summed E-state index contributed by atoms with van der Waals surface area (Å²) in [7, 11) is 0. The van der Waals surface area contributed by atoms with Crippen molar-refractivity contribution < 1.29 is 0 Å². The Kier molecular flexibility index (Phi) is 7.51. The zero-order chi connectivity index (χ0) is 9.40. The minimum atomic E-state index is 0.619. The summed E-state index contributed by atoms with van der Waals surface area (Å²) in [5.74, 6) is 0. The van der Waals surface area contributed by atoms with Crippen molar-refractivity contribution in [3.05, 3.63) is 0 Å². The molecule has 0 radical (unpaired) electrons. The number of hydrogen-bond donors (Lipinski definition) is 2. The van der Waals surface area contributed by atoms with E-state index in [-0.39, 0.29) is 0 Å². The summed E-state index contributed by atoms with van der Waals surface area (Å²) in [6.45, 7) is 11.1. The van der Waals surface area contributed by atoms with E-state index in [1.54, 1.807) is 0 Å². The van der Waals surface area contributed by atoms with E-state index in [0.29, 0.717) is 12.1 Å². The lowest BCUT2D eigenvalue weighted by Crippen LogP contribution is -2.30. The van der Waals surface area contributed by atoms with Crippen LogP contribution < -0.4 is 10.6 Å². The fraction of sp³-hybridized carbons (Fsp3) is 1.00. The van der Waals surface area contributed by atoms with Crippen molar-refractivity contribution in [2.45, 2.75) is 52.6 Å². The molecule has 2 N–H and O–H groups in total. The predicted octanol–water partition coefficient (Wildman–Crippen LogP) is 1.76. The molecule has 2 nitrogen and oxygen atoms in total. The fourth-order valence-corrected chi connectivity index (χ4v) is 0.972. The van der Waals surface area contributed by atoms with Gasteiger partial charge in [0.15, 0.2) is 0 Å². The van der Waals surface area contributed by atoms with Gasteiger partial charge in [-0.15, -0.1) is 0 Å². The van der Waals surface area contributed by atoms with E-state index in [9.17, 15) is 0 Å². The third-order valence-electron chi connectivity index (χ3n) is 2.01. The summed E-state index contributed by atoms with van der Waals surface area (Å²) < 4.78 is 0. The Balaban J connectivity index is 3.00. The molecule has 0 rings (SSSR count). The third-order valence-corrected chi connectivity index (χ3v) is 2.01. The van der Waals surface area contributed by atoms with Gasteiger partial charge in [-0.25, -0.2) is 0 Å². The maximum atomic E-state index is 3.47. The molecule has 0 spiro atoms. The van der Waals surface area contributed by atoms with Crippen LogP contribution in [0.1, 0.15) is 40.5 Å². The molecule has 0 aliphatic heterocycles. The van der Waals surface area contributed by atoms with E-state index in [2.05, 4.69) is 38.3 Å². The monoisotopic (exact) mass is 172 g/mol. The zero-order valence-electron chi connectivity index (χ0n) is 8.98. The van der Waals surface area contributed by atoms with Crippen LogP contribution in [0.15, 0.2) is 0 Å². The molecule has 0 amide bonds. The Bertz CT molecular complexity index is 91.8. The highest BCUT2D eigenvalue weighted by atomic mass is 14.9. The molecule has 0 fully saturated rings. The average Bonchev–Trinajstić information content (AvgIpc) is 2.03. The highest BCUT2D eigenvalue weighted by Gasteiger charge is 1.96. The SMILES string of the molecule is CCC(C)NCCCNC(C)C. The van der Waals surface area contributed by atoms with Crippen molar-refractivity contribution in [1.29, 1.82) is 0 Å². The van der Waals surface area contributed by atoms with Crippen LogP contribution in [0.5, 0.6) is 0 Å². The van der Waals surface area contributed by atoms with Gasteiger partial charge in [0.25, 0.3) is 0 Å². The first-order valence-electron chi connectivity index (χ1n) is 5.13. The fourth-order valence-electron chi connectivity index (χ4n) is 0.972. The molecule has 0 bridgehead atoms. The van der Waals surface area contributed by atoms with Gasteiger partial charge in [0, 0.05) is 12.1 Å². The molecule has 0 saturated heterocycles. The van der Waals surface area contributed by atoms with E-state index in [1.807, 2.05) is 0 Å². The summed E-state index contributed by atoms with van der Waals surface area (Å²) in [5, 5.41) is 6.86. The van der Waals surface area contributed by atoms with Gasteiger partial charge in [-0.3, -0.25) is 0 Å². The quantitative estimate of drug-likeness (QED) is 0.572. The molecular weight excluding hydrogens is 148 g/mol. The number of rotatable bonds is 7. The average molecular weight is 172 g/mol. The van der Waals surface area contributed by atoms with Crippen LogP contribution >= 0.6 is 0 Å². The predicted molar refractivity (Wildman–Crippen MR) is 55.5 cm³/mol. The van der Waals surface area contributed by atoms with Crippen LogP contribution in [0, 0.1) is 0 Å². The molecule has 0 aromatic heterocycles. The maximum absolute atomic E-state index is 3.47. The van der Waals surface area contributed by atoms with Crippen molar-refractivity contribution in [3.8, 4) is 0 Å². The van der Waals surface area contributed by atoms with E-state index >= 15 is 0 Å². The Morgan fingerprint density at radius 1 is 1.00 bits per heavy atom. The van der Waals surface area contributed by atoms with Gasteiger partial charge in [0.05, 0.1) is 0 Å². The Morgan fingerprint density at radius 3 is 2.08 bits per heavy atom. The van der Waals surface area contributed by atoms with Crippen LogP contribution in [0.4, 0.5) is 0 Å². The Morgan fingerprint density at radius 2 is 1.58 bits per heavy atom. The van der Waals surface area contributed by atoms with E-state index < -0.39 is 0 Å². The first-order chi connectivity index (χ1) is 5.66. The lowest BCUT2D eigenvalue weighted by molar-refractivity contribution is 0.498. The second-order valence-corrected chi connectivity index (χ2v) is 3.73. The molecule has 1 unspecified atom stereocenters. The molecule has 0 saturated carbocycles. The van der Waals surface area contributed by atoms with Crippen LogP contribution in [0.3, 0.4) is 0 Å². The van der Waals surface area contributed by atoms with Crippen LogP contribution in [0.25, 0.3) is 0 Å². The molecule has 0 aliphatic carbocycles. The Hall–Kier alpha value is -0.0800. The minimum Gasteiger partial charge on any atom is -0.314 e. The smallest absolute Gasteiger partial charge is 0.00361 e. The van der Waals surface area contributed by atoms with Gasteiger partial charge in [0.2, 0.25) is 0 Å². The van der Waals surface area contributed by atoms with Gasteiger partial charge in [-0.2, -0.15) is 0 Å². The van der Waals surface area contributed by atoms with Crippen LogP contribution in [-0.4, -0.2) is 25.2 Å². The minimum absolute atomic E-state index is 0.619. The molecule has 12 heavy (non-hydrogen) atoms. The molecule has 0 aromatic rings. The summed E-state index contributed by atoms with van der Waals surface area (Å²) in [6.07, 6.45) is 2.44. The highest BCUT2D eigenvalue weighted by molar-refractivity contribution is 4.59. The number of nitrogens with one attached hydrogen (secondary N) is 2. The molecule has 2 heteroatoms. The van der Waals surface area contributed by atoms with Crippen molar-refractivity contribution in [2.24, 2.45) is 0 Å². The summed E-state index contributed by atoms with van der Waals surface area (Å²) in [5.41, 5.74) is 0. The first-order valence-corrected chi connectivity index (χ1v) is 5.13. The van der Waals surface area contributed by atoms with Gasteiger partial charge >= 0.3 is 0 Å². The summed E-state index contributed by atoms with van der Waals surface area (Å²) >= 11 is 0. The van der Waals surface area contributed by atoms with Gasteiger partial charge in [-0.05, 0) is 32.9 Å². The summed E-state index contributed by atoms with van der Waals surface area (Å²) in [6, 6.07) is 1.29. The van der Waals surface area contributed by atoms with E-state index in [1.165, 1.54) is 12.8 Å².